The molecule has 10 rings (SSSR count). The first kappa shape index (κ1) is 30.0. The molecule has 0 saturated carbocycles. The molecule has 1 heterocycles. The predicted molar refractivity (Wildman–Crippen MR) is 221 cm³/mol. The molecular weight excluding hydrogens is 629 g/mol. The molecule has 52 heavy (non-hydrogen) atoms. The highest BCUT2D eigenvalue weighted by molar-refractivity contribution is 6.09. The minimum absolute atomic E-state index is 1.09. The molecule has 0 aliphatic heterocycles. The van der Waals surface area contributed by atoms with Crippen LogP contribution in [0.3, 0.4) is 0 Å². The van der Waals surface area contributed by atoms with E-state index in [2.05, 4.69) is 216 Å². The van der Waals surface area contributed by atoms with Gasteiger partial charge in [-0.3, -0.25) is 0 Å². The van der Waals surface area contributed by atoms with Crippen LogP contribution in [0.5, 0.6) is 0 Å². The van der Waals surface area contributed by atoms with Gasteiger partial charge in [0.1, 0.15) is 0 Å². The van der Waals surface area contributed by atoms with Gasteiger partial charge in [-0.25, -0.2) is 0 Å². The molecule has 0 spiro atoms. The summed E-state index contributed by atoms with van der Waals surface area (Å²) in [6, 6.07) is 74.8. The standard InChI is InChI=1S/C50H34N2/c1-2-16-42(17-3-1)51(43-27-29-44(30-28-43)52-48-20-10-8-18-46(48)47-19-9-11-21-49(47)52)50-34-40(39-24-22-35-12-4-6-14-37(35)32-39)26-31-45(50)41-25-23-36-13-5-7-15-38(36)33-41/h1-34H. The third-order valence-electron chi connectivity index (χ3n) is 10.3. The van der Waals surface area contributed by atoms with Crippen LogP contribution in [0.25, 0.3) is 71.3 Å². The monoisotopic (exact) mass is 662 g/mol. The molecule has 2 heteroatoms. The van der Waals surface area contributed by atoms with Gasteiger partial charge in [0.15, 0.2) is 0 Å². The van der Waals surface area contributed by atoms with Gasteiger partial charge in [0.05, 0.1) is 16.7 Å². The lowest BCUT2D eigenvalue weighted by atomic mass is 9.94. The van der Waals surface area contributed by atoms with Crippen molar-refractivity contribution in [3.63, 3.8) is 0 Å². The Balaban J connectivity index is 1.18. The van der Waals surface area contributed by atoms with Gasteiger partial charge in [-0.05, 0) is 105 Å². The molecule has 9 aromatic carbocycles. The Labute approximate surface area is 303 Å². The summed E-state index contributed by atoms with van der Waals surface area (Å²) >= 11 is 0. The highest BCUT2D eigenvalue weighted by Gasteiger charge is 2.20. The number of hydrogen-bond acceptors (Lipinski definition) is 1. The van der Waals surface area contributed by atoms with Crippen molar-refractivity contribution < 1.29 is 0 Å². The lowest BCUT2D eigenvalue weighted by Crippen LogP contribution is -2.11. The van der Waals surface area contributed by atoms with E-state index in [-0.39, 0.29) is 0 Å². The van der Waals surface area contributed by atoms with Crippen molar-refractivity contribution in [2.45, 2.75) is 0 Å². The van der Waals surface area contributed by atoms with Crippen LogP contribution >= 0.6 is 0 Å². The van der Waals surface area contributed by atoms with Crippen LogP contribution in [0, 0.1) is 0 Å². The molecular formula is C50H34N2. The Morgan fingerprint density at radius 3 is 1.46 bits per heavy atom. The Hall–Kier alpha value is -6.90. The molecule has 0 aliphatic carbocycles. The number of anilines is 3. The quantitative estimate of drug-likeness (QED) is 0.172. The minimum Gasteiger partial charge on any atom is -0.310 e. The van der Waals surface area contributed by atoms with Crippen LogP contribution in [0.15, 0.2) is 206 Å². The van der Waals surface area contributed by atoms with Crippen LogP contribution < -0.4 is 4.90 Å². The van der Waals surface area contributed by atoms with E-state index in [1.165, 1.54) is 65.6 Å². The zero-order valence-corrected chi connectivity index (χ0v) is 28.5. The predicted octanol–water partition coefficient (Wildman–Crippen LogP) is 13.9. The lowest BCUT2D eigenvalue weighted by molar-refractivity contribution is 1.17. The second-order valence-electron chi connectivity index (χ2n) is 13.4. The molecule has 0 unspecified atom stereocenters. The van der Waals surface area contributed by atoms with Crippen LogP contribution in [0.2, 0.25) is 0 Å². The summed E-state index contributed by atoms with van der Waals surface area (Å²) in [7, 11) is 0. The number of benzene rings is 9. The first-order valence-electron chi connectivity index (χ1n) is 17.8. The van der Waals surface area contributed by atoms with Gasteiger partial charge in [-0.1, -0.05) is 140 Å². The SMILES string of the molecule is c1ccc(N(c2ccc(-n3c4ccccc4c4ccccc43)cc2)c2cc(-c3ccc4ccccc4c3)ccc2-c2ccc3ccccc3c2)cc1. The van der Waals surface area contributed by atoms with E-state index in [9.17, 15) is 0 Å². The Bertz CT molecular complexity index is 2850. The number of rotatable bonds is 6. The molecule has 10 aromatic rings. The number of para-hydroxylation sites is 3. The fourth-order valence-corrected chi connectivity index (χ4v) is 7.82. The number of hydrogen-bond donors (Lipinski definition) is 0. The summed E-state index contributed by atoms with van der Waals surface area (Å²) < 4.78 is 2.38. The van der Waals surface area contributed by atoms with Gasteiger partial charge in [0.2, 0.25) is 0 Å². The Kier molecular flexibility index (Phi) is 7.18. The summed E-state index contributed by atoms with van der Waals surface area (Å²) in [6.07, 6.45) is 0. The van der Waals surface area contributed by atoms with E-state index in [1.54, 1.807) is 0 Å². The van der Waals surface area contributed by atoms with Gasteiger partial charge in [-0.2, -0.15) is 0 Å². The van der Waals surface area contributed by atoms with Crippen LogP contribution in [0.1, 0.15) is 0 Å². The third-order valence-corrected chi connectivity index (χ3v) is 10.3. The molecule has 0 fully saturated rings. The van der Waals surface area contributed by atoms with Crippen molar-refractivity contribution >= 4 is 60.4 Å². The van der Waals surface area contributed by atoms with Gasteiger partial charge >= 0.3 is 0 Å². The summed E-state index contributed by atoms with van der Waals surface area (Å²) in [4.78, 5) is 2.41. The fourth-order valence-electron chi connectivity index (χ4n) is 7.82. The summed E-state index contributed by atoms with van der Waals surface area (Å²) in [6.45, 7) is 0. The first-order chi connectivity index (χ1) is 25.8. The van der Waals surface area contributed by atoms with Gasteiger partial charge in [0.25, 0.3) is 0 Å². The molecule has 244 valence electrons. The number of aromatic nitrogens is 1. The second kappa shape index (κ2) is 12.5. The van der Waals surface area contributed by atoms with Crippen molar-refractivity contribution in [1.29, 1.82) is 0 Å². The van der Waals surface area contributed by atoms with E-state index in [0.29, 0.717) is 0 Å². The number of nitrogens with zero attached hydrogens (tertiary/aromatic N) is 2. The molecule has 0 aliphatic rings. The van der Waals surface area contributed by atoms with E-state index in [0.717, 1.165) is 22.7 Å². The molecule has 0 bridgehead atoms. The highest BCUT2D eigenvalue weighted by atomic mass is 15.1. The maximum atomic E-state index is 2.41. The fraction of sp³-hybridized carbons (Fsp3) is 0. The largest absolute Gasteiger partial charge is 0.310 e. The highest BCUT2D eigenvalue weighted by Crippen LogP contribution is 2.44. The topological polar surface area (TPSA) is 8.17 Å². The van der Waals surface area contributed by atoms with Crippen molar-refractivity contribution in [3.05, 3.63) is 206 Å². The maximum Gasteiger partial charge on any atom is 0.0546 e. The van der Waals surface area contributed by atoms with E-state index < -0.39 is 0 Å². The van der Waals surface area contributed by atoms with E-state index in [4.69, 9.17) is 0 Å². The second-order valence-corrected chi connectivity index (χ2v) is 13.4. The Morgan fingerprint density at radius 1 is 0.327 bits per heavy atom. The number of fused-ring (bicyclic) bond motifs is 5. The van der Waals surface area contributed by atoms with Crippen LogP contribution in [0.4, 0.5) is 17.1 Å². The third kappa shape index (κ3) is 5.12. The van der Waals surface area contributed by atoms with Crippen molar-refractivity contribution in [2.75, 3.05) is 4.90 Å². The Morgan fingerprint density at radius 2 is 0.808 bits per heavy atom. The van der Waals surface area contributed by atoms with E-state index >= 15 is 0 Å². The molecule has 0 radical (unpaired) electrons. The average molecular weight is 663 g/mol. The average Bonchev–Trinajstić information content (AvgIpc) is 3.56. The van der Waals surface area contributed by atoms with Crippen molar-refractivity contribution in [2.24, 2.45) is 0 Å². The normalized spacial score (nSPS) is 11.5. The molecule has 0 N–H and O–H groups in total. The minimum atomic E-state index is 1.09. The molecule has 0 saturated heterocycles. The first-order valence-corrected chi connectivity index (χ1v) is 17.8. The lowest BCUT2D eigenvalue weighted by Gasteiger charge is -2.29. The van der Waals surface area contributed by atoms with Gasteiger partial charge in [0, 0.05) is 33.4 Å². The molecule has 1 aromatic heterocycles. The van der Waals surface area contributed by atoms with Crippen molar-refractivity contribution in [3.8, 4) is 27.9 Å². The van der Waals surface area contributed by atoms with Gasteiger partial charge in [-0.15, -0.1) is 0 Å². The molecule has 0 amide bonds. The van der Waals surface area contributed by atoms with Crippen LogP contribution in [-0.4, -0.2) is 4.57 Å². The van der Waals surface area contributed by atoms with Gasteiger partial charge < -0.3 is 9.47 Å². The van der Waals surface area contributed by atoms with Crippen molar-refractivity contribution in [1.82, 2.24) is 4.57 Å². The van der Waals surface area contributed by atoms with Crippen LogP contribution in [-0.2, 0) is 0 Å². The summed E-state index contributed by atoms with van der Waals surface area (Å²) in [5.41, 5.74) is 11.6. The van der Waals surface area contributed by atoms with E-state index in [1.807, 2.05) is 0 Å². The summed E-state index contributed by atoms with van der Waals surface area (Å²) in [5, 5.41) is 7.47. The molecule has 2 nitrogen and oxygen atoms in total. The summed E-state index contributed by atoms with van der Waals surface area (Å²) in [5.74, 6) is 0. The zero-order chi connectivity index (χ0) is 34.4. The molecule has 0 atom stereocenters. The maximum absolute atomic E-state index is 2.41. The zero-order valence-electron chi connectivity index (χ0n) is 28.5. The smallest absolute Gasteiger partial charge is 0.0546 e.